The topological polar surface area (TPSA) is 12.4 Å². The summed E-state index contributed by atoms with van der Waals surface area (Å²) in [5, 5.41) is 2.63. The Hall–Kier alpha value is -2.41. The highest BCUT2D eigenvalue weighted by Crippen LogP contribution is 2.35. The van der Waals surface area contributed by atoms with Gasteiger partial charge < -0.3 is 0 Å². The van der Waals surface area contributed by atoms with Gasteiger partial charge in [-0.1, -0.05) is 54.6 Å². The third-order valence-corrected chi connectivity index (χ3v) is 3.72. The van der Waals surface area contributed by atoms with Gasteiger partial charge in [-0.3, -0.25) is 4.99 Å². The normalized spacial score (nSPS) is 12.2. The minimum absolute atomic E-state index is 0.973. The van der Waals surface area contributed by atoms with E-state index in [1.807, 2.05) is 6.21 Å². The fourth-order valence-electron chi connectivity index (χ4n) is 2.80. The quantitative estimate of drug-likeness (QED) is 0.491. The van der Waals surface area contributed by atoms with E-state index in [1.165, 1.54) is 27.5 Å². The van der Waals surface area contributed by atoms with Gasteiger partial charge in [-0.15, -0.1) is 0 Å². The third-order valence-electron chi connectivity index (χ3n) is 3.72. The van der Waals surface area contributed by atoms with Crippen LogP contribution in [-0.4, -0.2) is 6.21 Å². The number of hydrogen-bond donors (Lipinski definition) is 0. The summed E-state index contributed by atoms with van der Waals surface area (Å²) in [5.74, 6) is 0. The molecule has 19 heavy (non-hydrogen) atoms. The van der Waals surface area contributed by atoms with Gasteiger partial charge in [-0.05, 0) is 29.0 Å². The van der Waals surface area contributed by atoms with Gasteiger partial charge in [0.25, 0.3) is 0 Å². The van der Waals surface area contributed by atoms with Gasteiger partial charge >= 0.3 is 0 Å². The van der Waals surface area contributed by atoms with E-state index in [-0.39, 0.29) is 0 Å². The molecule has 4 rings (SSSR count). The molecule has 1 nitrogen and oxygen atoms in total. The molecule has 0 amide bonds. The van der Waals surface area contributed by atoms with E-state index in [0.717, 1.165) is 12.1 Å². The van der Waals surface area contributed by atoms with Crippen molar-refractivity contribution < 1.29 is 0 Å². The van der Waals surface area contributed by atoms with Crippen molar-refractivity contribution in [1.82, 2.24) is 0 Å². The zero-order valence-electron chi connectivity index (χ0n) is 10.5. The van der Waals surface area contributed by atoms with Gasteiger partial charge in [0.1, 0.15) is 0 Å². The van der Waals surface area contributed by atoms with Gasteiger partial charge in [0.05, 0.1) is 5.69 Å². The summed E-state index contributed by atoms with van der Waals surface area (Å²) in [6.45, 7) is 0. The summed E-state index contributed by atoms with van der Waals surface area (Å²) in [7, 11) is 0. The van der Waals surface area contributed by atoms with E-state index >= 15 is 0 Å². The van der Waals surface area contributed by atoms with Crippen LogP contribution in [0.1, 0.15) is 16.7 Å². The summed E-state index contributed by atoms with van der Waals surface area (Å²) in [6, 6.07) is 21.4. The second kappa shape index (κ2) is 4.06. The van der Waals surface area contributed by atoms with E-state index in [2.05, 4.69) is 65.7 Å². The first-order chi connectivity index (χ1) is 9.42. The molecule has 1 aliphatic heterocycles. The smallest absolute Gasteiger partial charge is 0.0715 e. The average molecular weight is 243 g/mol. The van der Waals surface area contributed by atoms with Crippen molar-refractivity contribution in [1.29, 1.82) is 0 Å². The molecule has 3 aromatic carbocycles. The maximum atomic E-state index is 4.47. The Morgan fingerprint density at radius 1 is 0.789 bits per heavy atom. The first kappa shape index (κ1) is 10.5. The van der Waals surface area contributed by atoms with Crippen LogP contribution in [0.5, 0.6) is 0 Å². The Bertz CT molecular complexity index is 773. The zero-order chi connectivity index (χ0) is 12.7. The summed E-state index contributed by atoms with van der Waals surface area (Å²) >= 11 is 0. The molecular weight excluding hydrogens is 230 g/mol. The fraction of sp³-hybridized carbons (Fsp3) is 0.0556. The van der Waals surface area contributed by atoms with Gasteiger partial charge in [-0.25, -0.2) is 0 Å². The van der Waals surface area contributed by atoms with Crippen LogP contribution >= 0.6 is 0 Å². The van der Waals surface area contributed by atoms with Crippen LogP contribution in [0, 0.1) is 0 Å². The molecule has 0 saturated carbocycles. The van der Waals surface area contributed by atoms with Crippen molar-refractivity contribution in [3.05, 3.63) is 77.4 Å². The van der Waals surface area contributed by atoms with Crippen molar-refractivity contribution in [3.63, 3.8) is 0 Å². The van der Waals surface area contributed by atoms with Gasteiger partial charge in [-0.2, -0.15) is 0 Å². The molecule has 0 bridgehead atoms. The lowest BCUT2D eigenvalue weighted by atomic mass is 9.96. The summed E-state index contributed by atoms with van der Waals surface area (Å²) in [6.07, 6.45) is 2.94. The molecule has 1 heterocycles. The van der Waals surface area contributed by atoms with E-state index in [0.29, 0.717) is 0 Å². The summed E-state index contributed by atoms with van der Waals surface area (Å²) < 4.78 is 0. The first-order valence-electron chi connectivity index (χ1n) is 6.54. The monoisotopic (exact) mass is 243 g/mol. The van der Waals surface area contributed by atoms with Crippen molar-refractivity contribution in [3.8, 4) is 0 Å². The minimum atomic E-state index is 0.973. The highest BCUT2D eigenvalue weighted by atomic mass is 14.7. The van der Waals surface area contributed by atoms with Crippen LogP contribution in [0.2, 0.25) is 0 Å². The molecule has 0 fully saturated rings. The highest BCUT2D eigenvalue weighted by molar-refractivity contribution is 6.11. The summed E-state index contributed by atoms with van der Waals surface area (Å²) in [5.41, 5.74) is 5.06. The van der Waals surface area contributed by atoms with Crippen molar-refractivity contribution in [2.24, 2.45) is 4.99 Å². The molecule has 0 aromatic heterocycles. The predicted molar refractivity (Wildman–Crippen MR) is 80.5 cm³/mol. The van der Waals surface area contributed by atoms with E-state index in [4.69, 9.17) is 0 Å². The molecule has 90 valence electrons. The lowest BCUT2D eigenvalue weighted by molar-refractivity contribution is 1.21. The van der Waals surface area contributed by atoms with E-state index in [1.54, 1.807) is 0 Å². The third kappa shape index (κ3) is 1.66. The number of aliphatic imine (C=N–C) groups is 1. The first-order valence-corrected chi connectivity index (χ1v) is 6.54. The number of hydrogen-bond acceptors (Lipinski definition) is 1. The second-order valence-electron chi connectivity index (χ2n) is 4.93. The molecule has 3 aromatic rings. The van der Waals surface area contributed by atoms with E-state index in [9.17, 15) is 0 Å². The zero-order valence-corrected chi connectivity index (χ0v) is 10.5. The molecule has 0 N–H and O–H groups in total. The van der Waals surface area contributed by atoms with Gasteiger partial charge in [0.2, 0.25) is 0 Å². The van der Waals surface area contributed by atoms with Gasteiger partial charge in [0, 0.05) is 17.2 Å². The van der Waals surface area contributed by atoms with Crippen molar-refractivity contribution in [2.75, 3.05) is 0 Å². The molecule has 1 heteroatoms. The van der Waals surface area contributed by atoms with Crippen LogP contribution in [-0.2, 0) is 6.42 Å². The van der Waals surface area contributed by atoms with E-state index < -0.39 is 0 Å². The maximum absolute atomic E-state index is 4.47. The van der Waals surface area contributed by atoms with Crippen molar-refractivity contribution >= 4 is 22.7 Å². The van der Waals surface area contributed by atoms with Crippen LogP contribution in [0.25, 0.3) is 10.8 Å². The molecule has 0 unspecified atom stereocenters. The fourth-order valence-corrected chi connectivity index (χ4v) is 2.80. The Morgan fingerprint density at radius 3 is 2.58 bits per heavy atom. The molecular formula is C18H13N. The summed E-state index contributed by atoms with van der Waals surface area (Å²) in [4.78, 5) is 4.47. The second-order valence-corrected chi connectivity index (χ2v) is 4.93. The Morgan fingerprint density at radius 2 is 1.68 bits per heavy atom. The Kier molecular flexibility index (Phi) is 2.25. The lowest BCUT2D eigenvalue weighted by Crippen LogP contribution is -1.90. The van der Waals surface area contributed by atoms with Crippen molar-refractivity contribution in [2.45, 2.75) is 6.42 Å². The average Bonchev–Trinajstić information content (AvgIpc) is 2.88. The van der Waals surface area contributed by atoms with Crippen LogP contribution < -0.4 is 0 Å². The molecule has 1 aliphatic rings. The SMILES string of the molecule is C1=Nc2ccc(Cc3ccccc3)c3cccc1c23. The number of rotatable bonds is 2. The lowest BCUT2D eigenvalue weighted by Gasteiger charge is -2.08. The Labute approximate surface area is 112 Å². The minimum Gasteiger partial charge on any atom is -0.256 e. The largest absolute Gasteiger partial charge is 0.256 e. The molecule has 0 aliphatic carbocycles. The molecule has 0 radical (unpaired) electrons. The standard InChI is InChI=1S/C18H13N/c1-2-5-13(6-3-1)11-14-9-10-17-18-15(12-19-17)7-4-8-16(14)18/h1-10,12H,11H2. The molecule has 0 spiro atoms. The Balaban J connectivity index is 1.89. The van der Waals surface area contributed by atoms with Crippen LogP contribution in [0.3, 0.4) is 0 Å². The molecule has 0 saturated heterocycles. The number of nitrogens with zero attached hydrogens (tertiary/aromatic N) is 1. The maximum Gasteiger partial charge on any atom is 0.0715 e. The van der Waals surface area contributed by atoms with Crippen LogP contribution in [0.4, 0.5) is 5.69 Å². The van der Waals surface area contributed by atoms with Crippen LogP contribution in [0.15, 0.2) is 65.7 Å². The number of benzene rings is 3. The predicted octanol–water partition coefficient (Wildman–Crippen LogP) is 4.49. The highest BCUT2D eigenvalue weighted by Gasteiger charge is 2.12. The molecule has 0 atom stereocenters. The van der Waals surface area contributed by atoms with Gasteiger partial charge in [0.15, 0.2) is 0 Å².